The highest BCUT2D eigenvalue weighted by Crippen LogP contribution is 2.20. The molecule has 0 aromatic heterocycles. The Morgan fingerprint density at radius 1 is 1.33 bits per heavy atom. The molecule has 1 aliphatic heterocycles. The SMILES string of the molecule is C[C@@H](CCCOc1ccccc1C(N)=O)N[C@H](C)C1CCOCC1. The van der Waals surface area contributed by atoms with Crippen LogP contribution in [-0.4, -0.2) is 37.8 Å². The quantitative estimate of drug-likeness (QED) is 0.681. The first-order valence-corrected chi connectivity index (χ1v) is 8.93. The van der Waals surface area contributed by atoms with Crippen molar-refractivity contribution in [1.82, 2.24) is 5.32 Å². The summed E-state index contributed by atoms with van der Waals surface area (Å²) in [6, 6.07) is 8.07. The first kappa shape index (κ1) is 18.7. The Morgan fingerprint density at radius 3 is 2.75 bits per heavy atom. The zero-order valence-electron chi connectivity index (χ0n) is 14.8. The first-order chi connectivity index (χ1) is 11.6. The van der Waals surface area contributed by atoms with Crippen LogP contribution in [0.15, 0.2) is 24.3 Å². The minimum absolute atomic E-state index is 0.441. The Bertz CT molecular complexity index is 515. The van der Waals surface area contributed by atoms with Crippen LogP contribution < -0.4 is 15.8 Å². The van der Waals surface area contributed by atoms with Crippen molar-refractivity contribution >= 4 is 5.91 Å². The van der Waals surface area contributed by atoms with Crippen molar-refractivity contribution in [1.29, 1.82) is 0 Å². The lowest BCUT2D eigenvalue weighted by atomic mass is 9.92. The predicted molar refractivity (Wildman–Crippen MR) is 95.3 cm³/mol. The second-order valence-corrected chi connectivity index (χ2v) is 6.66. The van der Waals surface area contributed by atoms with Crippen molar-refractivity contribution in [2.24, 2.45) is 11.7 Å². The molecule has 0 unspecified atom stereocenters. The maximum Gasteiger partial charge on any atom is 0.252 e. The van der Waals surface area contributed by atoms with Gasteiger partial charge in [0, 0.05) is 25.3 Å². The van der Waals surface area contributed by atoms with Gasteiger partial charge in [0.05, 0.1) is 12.2 Å². The highest BCUT2D eigenvalue weighted by molar-refractivity contribution is 5.95. The molecule has 1 aromatic carbocycles. The normalized spacial score (nSPS) is 18.1. The summed E-state index contributed by atoms with van der Waals surface area (Å²) in [7, 11) is 0. The zero-order chi connectivity index (χ0) is 17.4. The fraction of sp³-hybridized carbons (Fsp3) is 0.632. The lowest BCUT2D eigenvalue weighted by Crippen LogP contribution is -2.41. The molecule has 1 heterocycles. The van der Waals surface area contributed by atoms with Crippen LogP contribution in [-0.2, 0) is 4.74 Å². The molecule has 1 amide bonds. The van der Waals surface area contributed by atoms with Gasteiger partial charge < -0.3 is 20.5 Å². The summed E-state index contributed by atoms with van der Waals surface area (Å²) >= 11 is 0. The van der Waals surface area contributed by atoms with Crippen molar-refractivity contribution in [2.45, 2.75) is 51.6 Å². The van der Waals surface area contributed by atoms with Gasteiger partial charge in [0.1, 0.15) is 5.75 Å². The fourth-order valence-corrected chi connectivity index (χ4v) is 3.25. The predicted octanol–water partition coefficient (Wildman–Crippen LogP) is 2.74. The van der Waals surface area contributed by atoms with Crippen LogP contribution in [0.5, 0.6) is 5.75 Å². The van der Waals surface area contributed by atoms with Gasteiger partial charge in [-0.15, -0.1) is 0 Å². The maximum absolute atomic E-state index is 11.4. The van der Waals surface area contributed by atoms with Crippen LogP contribution in [0.25, 0.3) is 0 Å². The topological polar surface area (TPSA) is 73.6 Å². The molecular weight excluding hydrogens is 304 g/mol. The second kappa shape index (κ2) is 9.64. The number of nitrogens with two attached hydrogens (primary N) is 1. The van der Waals surface area contributed by atoms with Gasteiger partial charge in [0.2, 0.25) is 0 Å². The van der Waals surface area contributed by atoms with E-state index in [2.05, 4.69) is 19.2 Å². The Kier molecular flexibility index (Phi) is 7.53. The molecule has 1 saturated heterocycles. The summed E-state index contributed by atoms with van der Waals surface area (Å²) in [5.74, 6) is 0.826. The van der Waals surface area contributed by atoms with Crippen LogP contribution in [0.2, 0.25) is 0 Å². The van der Waals surface area contributed by atoms with Crippen molar-refractivity contribution in [3.05, 3.63) is 29.8 Å². The van der Waals surface area contributed by atoms with E-state index in [4.69, 9.17) is 15.2 Å². The minimum Gasteiger partial charge on any atom is -0.493 e. The number of carbonyl (C=O) groups excluding carboxylic acids is 1. The molecule has 3 N–H and O–H groups in total. The van der Waals surface area contributed by atoms with E-state index in [0.29, 0.717) is 35.9 Å². The molecule has 2 rings (SSSR count). The molecular formula is C19H30N2O3. The molecule has 1 aliphatic rings. The van der Waals surface area contributed by atoms with Gasteiger partial charge in [0.15, 0.2) is 0 Å². The van der Waals surface area contributed by atoms with Gasteiger partial charge >= 0.3 is 0 Å². The van der Waals surface area contributed by atoms with Gasteiger partial charge in [0.25, 0.3) is 5.91 Å². The number of para-hydroxylation sites is 1. The maximum atomic E-state index is 11.4. The van der Waals surface area contributed by atoms with Crippen molar-refractivity contribution < 1.29 is 14.3 Å². The van der Waals surface area contributed by atoms with Crippen LogP contribution in [0, 0.1) is 5.92 Å². The van der Waals surface area contributed by atoms with E-state index in [9.17, 15) is 4.79 Å². The molecule has 0 radical (unpaired) electrons. The second-order valence-electron chi connectivity index (χ2n) is 6.66. The highest BCUT2D eigenvalue weighted by atomic mass is 16.5. The Balaban J connectivity index is 1.67. The number of amides is 1. The summed E-state index contributed by atoms with van der Waals surface area (Å²) in [4.78, 5) is 11.4. The largest absolute Gasteiger partial charge is 0.493 e. The monoisotopic (exact) mass is 334 g/mol. The standard InChI is InChI=1S/C19H30N2O3/c1-14(21-15(2)16-9-12-23-13-10-16)6-5-11-24-18-8-4-3-7-17(18)19(20)22/h3-4,7-8,14-16,21H,5-6,9-13H2,1-2H3,(H2,20,22)/t14-,15+/m0/s1. The number of nitrogens with one attached hydrogen (secondary N) is 1. The smallest absolute Gasteiger partial charge is 0.252 e. The Hall–Kier alpha value is -1.59. The number of carbonyl (C=O) groups is 1. The molecule has 134 valence electrons. The molecule has 1 fully saturated rings. The molecule has 1 aromatic rings. The zero-order valence-corrected chi connectivity index (χ0v) is 14.8. The fourth-order valence-electron chi connectivity index (χ4n) is 3.25. The molecule has 24 heavy (non-hydrogen) atoms. The summed E-state index contributed by atoms with van der Waals surface area (Å²) in [5, 5.41) is 3.69. The van der Waals surface area contributed by atoms with Gasteiger partial charge in [-0.25, -0.2) is 0 Å². The minimum atomic E-state index is -0.453. The number of primary amides is 1. The number of benzene rings is 1. The van der Waals surface area contributed by atoms with E-state index in [1.54, 1.807) is 18.2 Å². The van der Waals surface area contributed by atoms with Crippen molar-refractivity contribution in [2.75, 3.05) is 19.8 Å². The Labute approximate surface area is 144 Å². The highest BCUT2D eigenvalue weighted by Gasteiger charge is 2.21. The average molecular weight is 334 g/mol. The average Bonchev–Trinajstić information content (AvgIpc) is 2.59. The van der Waals surface area contributed by atoms with Crippen LogP contribution in [0.4, 0.5) is 0 Å². The summed E-state index contributed by atoms with van der Waals surface area (Å²) in [5.41, 5.74) is 5.80. The summed E-state index contributed by atoms with van der Waals surface area (Å²) < 4.78 is 11.2. The van der Waals surface area contributed by atoms with E-state index in [1.165, 1.54) is 0 Å². The van der Waals surface area contributed by atoms with Crippen LogP contribution >= 0.6 is 0 Å². The lowest BCUT2D eigenvalue weighted by Gasteiger charge is -2.30. The number of hydrogen-bond donors (Lipinski definition) is 2. The van der Waals surface area contributed by atoms with E-state index < -0.39 is 5.91 Å². The molecule has 5 nitrogen and oxygen atoms in total. The third-order valence-corrected chi connectivity index (χ3v) is 4.71. The third kappa shape index (κ3) is 5.80. The number of hydrogen-bond acceptors (Lipinski definition) is 4. The van der Waals surface area contributed by atoms with Gasteiger partial charge in [-0.1, -0.05) is 12.1 Å². The first-order valence-electron chi connectivity index (χ1n) is 8.93. The van der Waals surface area contributed by atoms with Gasteiger partial charge in [-0.05, 0) is 57.6 Å². The van der Waals surface area contributed by atoms with Crippen molar-refractivity contribution in [3.8, 4) is 5.75 Å². The van der Waals surface area contributed by atoms with E-state index >= 15 is 0 Å². The van der Waals surface area contributed by atoms with Gasteiger partial charge in [-0.3, -0.25) is 4.79 Å². The number of ether oxygens (including phenoxy) is 2. The van der Waals surface area contributed by atoms with E-state index in [1.807, 2.05) is 6.07 Å². The molecule has 5 heteroatoms. The van der Waals surface area contributed by atoms with Crippen LogP contribution in [0.3, 0.4) is 0 Å². The van der Waals surface area contributed by atoms with E-state index in [-0.39, 0.29) is 0 Å². The Morgan fingerprint density at radius 2 is 2.04 bits per heavy atom. The number of rotatable bonds is 9. The van der Waals surface area contributed by atoms with E-state index in [0.717, 1.165) is 38.9 Å². The summed E-state index contributed by atoms with van der Waals surface area (Å²) in [6.07, 6.45) is 4.26. The summed E-state index contributed by atoms with van der Waals surface area (Å²) in [6.45, 7) is 6.84. The molecule has 0 bridgehead atoms. The third-order valence-electron chi connectivity index (χ3n) is 4.71. The molecule has 0 spiro atoms. The van der Waals surface area contributed by atoms with Gasteiger partial charge in [-0.2, -0.15) is 0 Å². The van der Waals surface area contributed by atoms with Crippen LogP contribution in [0.1, 0.15) is 49.9 Å². The lowest BCUT2D eigenvalue weighted by molar-refractivity contribution is 0.0544. The van der Waals surface area contributed by atoms with Crippen molar-refractivity contribution in [3.63, 3.8) is 0 Å². The molecule has 0 saturated carbocycles. The molecule has 2 atom stereocenters. The molecule has 0 aliphatic carbocycles.